The van der Waals surface area contributed by atoms with Gasteiger partial charge >= 0.3 is 0 Å². The Morgan fingerprint density at radius 1 is 1.50 bits per heavy atom. The fourth-order valence-electron chi connectivity index (χ4n) is 1.45. The molecule has 0 radical (unpaired) electrons. The smallest absolute Gasteiger partial charge is 0.235 e. The van der Waals surface area contributed by atoms with E-state index >= 15 is 0 Å². The van der Waals surface area contributed by atoms with Gasteiger partial charge in [0.25, 0.3) is 0 Å². The first-order valence-corrected chi connectivity index (χ1v) is 6.31. The van der Waals surface area contributed by atoms with Crippen molar-refractivity contribution < 1.29 is 4.79 Å². The van der Waals surface area contributed by atoms with E-state index in [2.05, 4.69) is 20.8 Å². The Morgan fingerprint density at radius 3 is 2.57 bits per heavy atom. The first-order chi connectivity index (χ1) is 6.40. The minimum Gasteiger partial charge on any atom is -0.345 e. The summed E-state index contributed by atoms with van der Waals surface area (Å²) in [4.78, 5) is 13.4. The number of rotatable bonds is 3. The fourth-order valence-corrected chi connectivity index (χ4v) is 3.06. The molecule has 1 heterocycles. The van der Waals surface area contributed by atoms with Crippen molar-refractivity contribution in [2.24, 2.45) is 5.41 Å². The molecule has 0 spiro atoms. The molecule has 0 saturated carbocycles. The predicted molar refractivity (Wildman–Crippen MR) is 62.6 cm³/mol. The van der Waals surface area contributed by atoms with Gasteiger partial charge in [-0.3, -0.25) is 4.79 Å². The summed E-state index contributed by atoms with van der Waals surface area (Å²) in [7, 11) is 1.90. The lowest BCUT2D eigenvalue weighted by atomic mass is 9.94. The van der Waals surface area contributed by atoms with E-state index in [1.54, 1.807) is 0 Å². The first-order valence-electron chi connectivity index (χ1n) is 5.27. The highest BCUT2D eigenvalue weighted by molar-refractivity contribution is 8.00. The van der Waals surface area contributed by atoms with Gasteiger partial charge in [-0.1, -0.05) is 20.8 Å². The summed E-state index contributed by atoms with van der Waals surface area (Å²) in [5, 5.41) is 0.238. The average molecular weight is 215 g/mol. The van der Waals surface area contributed by atoms with Crippen molar-refractivity contribution in [3.05, 3.63) is 0 Å². The van der Waals surface area contributed by atoms with E-state index in [0.29, 0.717) is 11.3 Å². The normalized spacial score (nSPS) is 23.3. The van der Waals surface area contributed by atoms with E-state index in [0.717, 1.165) is 18.7 Å². The van der Waals surface area contributed by atoms with Gasteiger partial charge in [-0.2, -0.15) is 0 Å². The highest BCUT2D eigenvalue weighted by Gasteiger charge is 2.29. The first kappa shape index (κ1) is 11.9. The van der Waals surface area contributed by atoms with Gasteiger partial charge in [-0.15, -0.1) is 11.8 Å². The standard InChI is InChI=1S/C11H21NOS/c1-11(2,3)6-8-14-9-5-7-12(4)10(9)13/h9H,5-8H2,1-4H3/t9-/m1/s1. The van der Waals surface area contributed by atoms with Crippen LogP contribution in [0.2, 0.25) is 0 Å². The van der Waals surface area contributed by atoms with Crippen molar-refractivity contribution in [1.29, 1.82) is 0 Å². The molecule has 1 rings (SSSR count). The third-order valence-electron chi connectivity index (χ3n) is 2.55. The second kappa shape index (κ2) is 4.56. The SMILES string of the molecule is CN1CC[C@@H](SCCC(C)(C)C)C1=O. The van der Waals surface area contributed by atoms with Gasteiger partial charge in [0.2, 0.25) is 5.91 Å². The molecule has 0 bridgehead atoms. The molecule has 14 heavy (non-hydrogen) atoms. The van der Waals surface area contributed by atoms with E-state index < -0.39 is 0 Å². The van der Waals surface area contributed by atoms with E-state index in [1.165, 1.54) is 6.42 Å². The lowest BCUT2D eigenvalue weighted by molar-refractivity contribution is -0.126. The Morgan fingerprint density at radius 2 is 2.14 bits per heavy atom. The Kier molecular flexibility index (Phi) is 3.87. The van der Waals surface area contributed by atoms with E-state index in [1.807, 2.05) is 23.7 Å². The minimum atomic E-state index is 0.238. The predicted octanol–water partition coefficient (Wildman–Crippen LogP) is 2.39. The summed E-state index contributed by atoms with van der Waals surface area (Å²) in [6.07, 6.45) is 2.22. The number of hydrogen-bond acceptors (Lipinski definition) is 2. The molecular weight excluding hydrogens is 194 g/mol. The van der Waals surface area contributed by atoms with Crippen molar-refractivity contribution in [3.63, 3.8) is 0 Å². The molecule has 0 aromatic rings. The molecule has 1 fully saturated rings. The molecule has 1 aliphatic heterocycles. The largest absolute Gasteiger partial charge is 0.345 e. The molecule has 1 amide bonds. The summed E-state index contributed by atoms with van der Waals surface area (Å²) in [5.41, 5.74) is 0.389. The number of thioether (sulfide) groups is 1. The summed E-state index contributed by atoms with van der Waals surface area (Å²) < 4.78 is 0. The van der Waals surface area contributed by atoms with Crippen LogP contribution in [-0.4, -0.2) is 35.4 Å². The van der Waals surface area contributed by atoms with Gasteiger partial charge in [0.05, 0.1) is 5.25 Å². The van der Waals surface area contributed by atoms with Crippen molar-refractivity contribution in [2.75, 3.05) is 19.3 Å². The molecule has 0 aromatic carbocycles. The van der Waals surface area contributed by atoms with Crippen LogP contribution < -0.4 is 0 Å². The maximum atomic E-state index is 11.6. The molecule has 1 saturated heterocycles. The number of carbonyl (C=O) groups is 1. The third-order valence-corrected chi connectivity index (χ3v) is 3.83. The van der Waals surface area contributed by atoms with Gasteiger partial charge in [-0.05, 0) is 24.0 Å². The van der Waals surface area contributed by atoms with Crippen molar-refractivity contribution in [1.82, 2.24) is 4.90 Å². The molecule has 0 unspecified atom stereocenters. The maximum absolute atomic E-state index is 11.6. The number of amides is 1. The summed E-state index contributed by atoms with van der Waals surface area (Å²) in [6, 6.07) is 0. The monoisotopic (exact) mass is 215 g/mol. The molecular formula is C11H21NOS. The van der Waals surface area contributed by atoms with Crippen molar-refractivity contribution in [3.8, 4) is 0 Å². The zero-order valence-corrected chi connectivity index (χ0v) is 10.5. The lowest BCUT2D eigenvalue weighted by Crippen LogP contribution is -2.24. The van der Waals surface area contributed by atoms with Gasteiger partial charge in [0.1, 0.15) is 0 Å². The molecule has 3 heteroatoms. The van der Waals surface area contributed by atoms with E-state index in [4.69, 9.17) is 0 Å². The molecule has 1 aliphatic rings. The third kappa shape index (κ3) is 3.52. The topological polar surface area (TPSA) is 20.3 Å². The van der Waals surface area contributed by atoms with Gasteiger partial charge in [-0.25, -0.2) is 0 Å². The highest BCUT2D eigenvalue weighted by Crippen LogP contribution is 2.27. The average Bonchev–Trinajstić information content (AvgIpc) is 2.33. The summed E-state index contributed by atoms with van der Waals surface area (Å²) >= 11 is 1.83. The van der Waals surface area contributed by atoms with Gasteiger partial charge in [0.15, 0.2) is 0 Å². The molecule has 2 nitrogen and oxygen atoms in total. The van der Waals surface area contributed by atoms with Crippen LogP contribution in [0.4, 0.5) is 0 Å². The van der Waals surface area contributed by atoms with Crippen LogP contribution in [0.25, 0.3) is 0 Å². The number of likely N-dealkylation sites (tertiary alicyclic amines) is 1. The minimum absolute atomic E-state index is 0.238. The Bertz CT molecular complexity index is 210. The van der Waals surface area contributed by atoms with Crippen molar-refractivity contribution in [2.45, 2.75) is 38.9 Å². The van der Waals surface area contributed by atoms with Crippen LogP contribution in [0.3, 0.4) is 0 Å². The molecule has 0 aromatic heterocycles. The zero-order chi connectivity index (χ0) is 10.8. The quantitative estimate of drug-likeness (QED) is 0.720. The zero-order valence-electron chi connectivity index (χ0n) is 9.67. The molecule has 82 valence electrons. The van der Waals surface area contributed by atoms with Gasteiger partial charge < -0.3 is 4.90 Å². The second-order valence-electron chi connectivity index (χ2n) is 5.22. The van der Waals surface area contributed by atoms with Gasteiger partial charge in [0, 0.05) is 13.6 Å². The summed E-state index contributed by atoms with van der Waals surface area (Å²) in [6.45, 7) is 7.68. The number of hydrogen-bond donors (Lipinski definition) is 0. The maximum Gasteiger partial charge on any atom is 0.235 e. The van der Waals surface area contributed by atoms with E-state index in [-0.39, 0.29) is 5.25 Å². The number of carbonyl (C=O) groups excluding carboxylic acids is 1. The van der Waals surface area contributed by atoms with Crippen LogP contribution in [0.5, 0.6) is 0 Å². The molecule has 0 aliphatic carbocycles. The summed E-state index contributed by atoms with van der Waals surface area (Å²) in [5.74, 6) is 1.43. The molecule has 1 atom stereocenters. The lowest BCUT2D eigenvalue weighted by Gasteiger charge is -2.18. The van der Waals surface area contributed by atoms with Crippen LogP contribution in [0, 0.1) is 5.41 Å². The van der Waals surface area contributed by atoms with E-state index in [9.17, 15) is 4.79 Å². The highest BCUT2D eigenvalue weighted by atomic mass is 32.2. The van der Waals surface area contributed by atoms with Crippen LogP contribution in [-0.2, 0) is 4.79 Å². The van der Waals surface area contributed by atoms with Crippen LogP contribution >= 0.6 is 11.8 Å². The number of nitrogens with zero attached hydrogens (tertiary/aromatic N) is 1. The van der Waals surface area contributed by atoms with Crippen LogP contribution in [0.15, 0.2) is 0 Å². The fraction of sp³-hybridized carbons (Fsp3) is 0.909. The van der Waals surface area contributed by atoms with Crippen molar-refractivity contribution >= 4 is 17.7 Å². The van der Waals surface area contributed by atoms with Crippen LogP contribution in [0.1, 0.15) is 33.6 Å². The Balaban J connectivity index is 2.23. The molecule has 0 N–H and O–H groups in total. The second-order valence-corrected chi connectivity index (χ2v) is 6.53. The Labute approximate surface area is 91.4 Å². The Hall–Kier alpha value is -0.180.